The normalized spacial score (nSPS) is 10.7. The van der Waals surface area contributed by atoms with Crippen LogP contribution in [0.25, 0.3) is 33.3 Å². The third kappa shape index (κ3) is 3.73. The SMILES string of the molecule is COc1ccc(-c2ccc3ncnc(-c4cc(OC)c(OC)c(OC)c4)c3c2)cc1OC. The van der Waals surface area contributed by atoms with Crippen molar-refractivity contribution in [3.05, 3.63) is 54.9 Å². The van der Waals surface area contributed by atoms with Gasteiger partial charge in [0.25, 0.3) is 0 Å². The van der Waals surface area contributed by atoms with Gasteiger partial charge in [0.15, 0.2) is 23.0 Å². The summed E-state index contributed by atoms with van der Waals surface area (Å²) in [7, 11) is 8.01. The summed E-state index contributed by atoms with van der Waals surface area (Å²) in [4.78, 5) is 9.01. The Morgan fingerprint density at radius 1 is 0.531 bits per heavy atom. The molecule has 0 aliphatic carbocycles. The molecule has 0 N–H and O–H groups in total. The van der Waals surface area contributed by atoms with E-state index in [-0.39, 0.29) is 0 Å². The Kier molecular flexibility index (Phi) is 5.98. The maximum atomic E-state index is 5.52. The predicted molar refractivity (Wildman–Crippen MR) is 123 cm³/mol. The molecule has 3 aromatic carbocycles. The van der Waals surface area contributed by atoms with Gasteiger partial charge in [0.1, 0.15) is 6.33 Å². The molecule has 4 aromatic rings. The lowest BCUT2D eigenvalue weighted by molar-refractivity contribution is 0.324. The van der Waals surface area contributed by atoms with E-state index in [9.17, 15) is 0 Å². The molecule has 1 heterocycles. The molecule has 0 saturated heterocycles. The smallest absolute Gasteiger partial charge is 0.203 e. The van der Waals surface area contributed by atoms with E-state index in [1.165, 1.54) is 0 Å². The molecule has 4 rings (SSSR count). The van der Waals surface area contributed by atoms with Crippen molar-refractivity contribution in [2.75, 3.05) is 35.5 Å². The van der Waals surface area contributed by atoms with Crippen molar-refractivity contribution < 1.29 is 23.7 Å². The van der Waals surface area contributed by atoms with E-state index in [1.807, 2.05) is 42.5 Å². The number of methoxy groups -OCH3 is 5. The van der Waals surface area contributed by atoms with Crippen LogP contribution < -0.4 is 23.7 Å². The Balaban J connectivity index is 1.90. The molecule has 7 heteroatoms. The van der Waals surface area contributed by atoms with Gasteiger partial charge in [0, 0.05) is 10.9 Å². The van der Waals surface area contributed by atoms with Crippen molar-refractivity contribution in [2.24, 2.45) is 0 Å². The van der Waals surface area contributed by atoms with Crippen molar-refractivity contribution in [3.63, 3.8) is 0 Å². The van der Waals surface area contributed by atoms with E-state index < -0.39 is 0 Å². The number of nitrogens with zero attached hydrogens (tertiary/aromatic N) is 2. The van der Waals surface area contributed by atoms with Crippen molar-refractivity contribution in [1.29, 1.82) is 0 Å². The van der Waals surface area contributed by atoms with Crippen LogP contribution in [0.5, 0.6) is 28.7 Å². The van der Waals surface area contributed by atoms with Gasteiger partial charge in [-0.1, -0.05) is 12.1 Å². The minimum absolute atomic E-state index is 0.531. The molecule has 0 aliphatic heterocycles. The fourth-order valence-electron chi connectivity index (χ4n) is 3.70. The lowest BCUT2D eigenvalue weighted by atomic mass is 9.99. The van der Waals surface area contributed by atoms with Crippen LogP contribution in [0.15, 0.2) is 54.9 Å². The van der Waals surface area contributed by atoms with Crippen LogP contribution in [-0.2, 0) is 0 Å². The average Bonchev–Trinajstić information content (AvgIpc) is 2.86. The fraction of sp³-hybridized carbons (Fsp3) is 0.200. The molecular weight excluding hydrogens is 408 g/mol. The third-order valence-corrected chi connectivity index (χ3v) is 5.29. The maximum absolute atomic E-state index is 5.52. The number of aromatic nitrogens is 2. The summed E-state index contributed by atoms with van der Waals surface area (Å²) in [5.41, 5.74) is 4.41. The van der Waals surface area contributed by atoms with Crippen molar-refractivity contribution in [1.82, 2.24) is 9.97 Å². The van der Waals surface area contributed by atoms with E-state index in [1.54, 1.807) is 41.9 Å². The molecule has 0 bridgehead atoms. The minimum Gasteiger partial charge on any atom is -0.493 e. The van der Waals surface area contributed by atoms with Gasteiger partial charge >= 0.3 is 0 Å². The molecular formula is C25H24N2O5. The molecule has 0 fully saturated rings. The van der Waals surface area contributed by atoms with Crippen LogP contribution in [-0.4, -0.2) is 45.5 Å². The monoisotopic (exact) mass is 432 g/mol. The third-order valence-electron chi connectivity index (χ3n) is 5.29. The number of hydrogen-bond donors (Lipinski definition) is 0. The van der Waals surface area contributed by atoms with Crippen molar-refractivity contribution in [3.8, 4) is 51.1 Å². The van der Waals surface area contributed by atoms with E-state index in [0.717, 1.165) is 33.3 Å². The Labute approximate surface area is 186 Å². The lowest BCUT2D eigenvalue weighted by Gasteiger charge is -2.15. The first-order chi connectivity index (χ1) is 15.6. The highest BCUT2D eigenvalue weighted by Gasteiger charge is 2.17. The van der Waals surface area contributed by atoms with E-state index in [4.69, 9.17) is 23.7 Å². The second-order valence-electron chi connectivity index (χ2n) is 6.94. The van der Waals surface area contributed by atoms with Crippen LogP contribution in [0, 0.1) is 0 Å². The van der Waals surface area contributed by atoms with Crippen LogP contribution >= 0.6 is 0 Å². The molecule has 0 spiro atoms. The van der Waals surface area contributed by atoms with Crippen molar-refractivity contribution in [2.45, 2.75) is 0 Å². The Hall–Kier alpha value is -4.00. The second-order valence-corrected chi connectivity index (χ2v) is 6.94. The molecule has 7 nitrogen and oxygen atoms in total. The van der Waals surface area contributed by atoms with Gasteiger partial charge in [-0.2, -0.15) is 0 Å². The van der Waals surface area contributed by atoms with Gasteiger partial charge in [-0.15, -0.1) is 0 Å². The average molecular weight is 432 g/mol. The quantitative estimate of drug-likeness (QED) is 0.407. The molecule has 0 radical (unpaired) electrons. The largest absolute Gasteiger partial charge is 0.493 e. The maximum Gasteiger partial charge on any atom is 0.203 e. The zero-order valence-electron chi connectivity index (χ0n) is 18.6. The first-order valence-electron chi connectivity index (χ1n) is 9.91. The summed E-state index contributed by atoms with van der Waals surface area (Å²) in [6.07, 6.45) is 1.55. The number of rotatable bonds is 7. The number of ether oxygens (including phenoxy) is 5. The standard InChI is InChI=1S/C25H24N2O5/c1-28-20-9-7-16(11-21(20)29-2)15-6-8-19-18(10-15)24(27-14-26-19)17-12-22(30-3)25(32-5)23(13-17)31-4/h6-14H,1-5H3. The van der Waals surface area contributed by atoms with E-state index >= 15 is 0 Å². The van der Waals surface area contributed by atoms with Gasteiger partial charge < -0.3 is 23.7 Å². The minimum atomic E-state index is 0.531. The first kappa shape index (κ1) is 21.2. The van der Waals surface area contributed by atoms with E-state index in [0.29, 0.717) is 28.7 Å². The molecule has 0 atom stereocenters. The predicted octanol–water partition coefficient (Wildman–Crippen LogP) is 5.01. The van der Waals surface area contributed by atoms with Gasteiger partial charge in [-0.05, 0) is 47.5 Å². The number of hydrogen-bond acceptors (Lipinski definition) is 7. The summed E-state index contributed by atoms with van der Waals surface area (Å²) in [5.74, 6) is 3.00. The summed E-state index contributed by atoms with van der Waals surface area (Å²) < 4.78 is 27.3. The molecule has 1 aromatic heterocycles. The van der Waals surface area contributed by atoms with Crippen LogP contribution in [0.4, 0.5) is 0 Å². The first-order valence-corrected chi connectivity index (χ1v) is 9.91. The van der Waals surface area contributed by atoms with Crippen molar-refractivity contribution >= 4 is 10.9 Å². The Morgan fingerprint density at radius 2 is 1.12 bits per heavy atom. The van der Waals surface area contributed by atoms with Crippen LogP contribution in [0.2, 0.25) is 0 Å². The molecule has 0 saturated carbocycles. The summed E-state index contributed by atoms with van der Waals surface area (Å²) >= 11 is 0. The number of fused-ring (bicyclic) bond motifs is 1. The highest BCUT2D eigenvalue weighted by molar-refractivity contribution is 5.95. The van der Waals surface area contributed by atoms with Crippen LogP contribution in [0.1, 0.15) is 0 Å². The Bertz CT molecular complexity index is 1250. The Morgan fingerprint density at radius 3 is 1.75 bits per heavy atom. The molecule has 0 aliphatic rings. The highest BCUT2D eigenvalue weighted by Crippen LogP contribution is 2.42. The number of benzene rings is 3. The highest BCUT2D eigenvalue weighted by atomic mass is 16.5. The van der Waals surface area contributed by atoms with Gasteiger partial charge in [0.2, 0.25) is 5.75 Å². The fourth-order valence-corrected chi connectivity index (χ4v) is 3.70. The molecule has 0 unspecified atom stereocenters. The molecule has 0 amide bonds. The van der Waals surface area contributed by atoms with Gasteiger partial charge in [-0.25, -0.2) is 9.97 Å². The summed E-state index contributed by atoms with van der Waals surface area (Å²) in [5, 5.41) is 0.897. The van der Waals surface area contributed by atoms with E-state index in [2.05, 4.69) is 16.0 Å². The summed E-state index contributed by atoms with van der Waals surface area (Å²) in [6, 6.07) is 15.7. The molecule has 164 valence electrons. The second kappa shape index (κ2) is 9.01. The van der Waals surface area contributed by atoms with Crippen LogP contribution in [0.3, 0.4) is 0 Å². The topological polar surface area (TPSA) is 71.9 Å². The van der Waals surface area contributed by atoms with Gasteiger partial charge in [-0.3, -0.25) is 0 Å². The summed E-state index contributed by atoms with van der Waals surface area (Å²) in [6.45, 7) is 0. The molecule has 32 heavy (non-hydrogen) atoms. The zero-order valence-corrected chi connectivity index (χ0v) is 18.6. The zero-order chi connectivity index (χ0) is 22.7. The van der Waals surface area contributed by atoms with Gasteiger partial charge in [0.05, 0.1) is 46.8 Å². The lowest BCUT2D eigenvalue weighted by Crippen LogP contribution is -1.97.